The third-order valence-electron chi connectivity index (χ3n) is 6.88. The largest absolute Gasteiger partial charge is 0.443 e. The molecule has 3 aromatic heterocycles. The van der Waals surface area contributed by atoms with E-state index in [1.807, 2.05) is 0 Å². The summed E-state index contributed by atoms with van der Waals surface area (Å²) in [7, 11) is 1.49. The van der Waals surface area contributed by atoms with Gasteiger partial charge in [-0.3, -0.25) is 19.3 Å². The number of amides is 2. The first-order valence-electron chi connectivity index (χ1n) is 13.2. The van der Waals surface area contributed by atoms with E-state index >= 15 is 0 Å². The lowest BCUT2D eigenvalue weighted by atomic mass is 9.94. The quantitative estimate of drug-likeness (QED) is 0.473. The summed E-state index contributed by atoms with van der Waals surface area (Å²) in [6, 6.07) is 4.19. The minimum atomic E-state index is -1.09. The molecule has 5 rings (SSSR count). The second-order valence-electron chi connectivity index (χ2n) is 11.2. The molecule has 3 aromatic rings. The number of ketones is 1. The van der Waals surface area contributed by atoms with Gasteiger partial charge in [-0.2, -0.15) is 9.61 Å². The molecule has 2 amide bonds. The van der Waals surface area contributed by atoms with Gasteiger partial charge in [0.05, 0.1) is 12.2 Å². The number of Topliss-reactive ketones (excluding diaryl/α,β-unsaturated/α-hetero) is 1. The molecule has 2 saturated carbocycles. The van der Waals surface area contributed by atoms with Gasteiger partial charge in [-0.1, -0.05) is 0 Å². The minimum Gasteiger partial charge on any atom is -0.443 e. The van der Waals surface area contributed by atoms with Crippen LogP contribution in [0.2, 0.25) is 0 Å². The average molecular weight is 554 g/mol. The maximum absolute atomic E-state index is 13.4. The van der Waals surface area contributed by atoms with Crippen LogP contribution in [0.1, 0.15) is 69.3 Å². The van der Waals surface area contributed by atoms with E-state index in [-0.39, 0.29) is 52.3 Å². The average Bonchev–Trinajstić information content (AvgIpc) is 3.40. The van der Waals surface area contributed by atoms with Gasteiger partial charge in [-0.05, 0) is 45.7 Å². The van der Waals surface area contributed by atoms with E-state index < -0.39 is 29.8 Å². The molecular formula is C27H32FN7O5. The number of pyridine rings is 1. The SMILES string of the molecule is CN(C(=O)OC(C)(C)C)c1cc(Nc2cccn(C3CCC(=O)CC3)c2=O)nc2c(C(=O)N[C@@H]3C[C@@H]3F)cnn12. The summed E-state index contributed by atoms with van der Waals surface area (Å²) in [6.45, 7) is 5.22. The summed E-state index contributed by atoms with van der Waals surface area (Å²) in [4.78, 5) is 56.6. The number of anilines is 3. The highest BCUT2D eigenvalue weighted by Crippen LogP contribution is 2.28. The lowest BCUT2D eigenvalue weighted by Crippen LogP contribution is -2.35. The van der Waals surface area contributed by atoms with Crippen LogP contribution in [0.4, 0.5) is 26.5 Å². The second kappa shape index (κ2) is 10.4. The fourth-order valence-corrected chi connectivity index (χ4v) is 4.63. The zero-order valence-electron chi connectivity index (χ0n) is 22.8. The van der Waals surface area contributed by atoms with Gasteiger partial charge >= 0.3 is 6.09 Å². The number of hydrogen-bond donors (Lipinski definition) is 2. The van der Waals surface area contributed by atoms with Crippen LogP contribution in [-0.4, -0.2) is 61.8 Å². The van der Waals surface area contributed by atoms with E-state index in [1.54, 1.807) is 43.7 Å². The van der Waals surface area contributed by atoms with Crippen LogP contribution in [0.3, 0.4) is 0 Å². The van der Waals surface area contributed by atoms with Crippen LogP contribution in [-0.2, 0) is 9.53 Å². The van der Waals surface area contributed by atoms with Crippen molar-refractivity contribution in [3.63, 3.8) is 0 Å². The van der Waals surface area contributed by atoms with Crippen molar-refractivity contribution in [1.29, 1.82) is 0 Å². The van der Waals surface area contributed by atoms with Crippen molar-refractivity contribution < 1.29 is 23.5 Å². The Labute approximate surface area is 229 Å². The molecule has 3 heterocycles. The highest BCUT2D eigenvalue weighted by molar-refractivity contribution is 6.01. The van der Waals surface area contributed by atoms with Crippen molar-refractivity contribution >= 4 is 40.8 Å². The Morgan fingerprint density at radius 3 is 2.55 bits per heavy atom. The van der Waals surface area contributed by atoms with Crippen molar-refractivity contribution in [1.82, 2.24) is 24.5 Å². The van der Waals surface area contributed by atoms with Crippen molar-refractivity contribution in [3.8, 4) is 0 Å². The Morgan fingerprint density at radius 2 is 1.90 bits per heavy atom. The Morgan fingerprint density at radius 1 is 1.20 bits per heavy atom. The van der Waals surface area contributed by atoms with Gasteiger partial charge in [-0.25, -0.2) is 14.2 Å². The van der Waals surface area contributed by atoms with Crippen LogP contribution < -0.4 is 21.1 Å². The number of aromatic nitrogens is 4. The number of halogens is 1. The zero-order valence-corrected chi connectivity index (χ0v) is 22.8. The van der Waals surface area contributed by atoms with Gasteiger partial charge < -0.3 is 19.9 Å². The first-order chi connectivity index (χ1) is 18.9. The van der Waals surface area contributed by atoms with E-state index in [0.717, 1.165) is 0 Å². The first kappa shape index (κ1) is 27.3. The summed E-state index contributed by atoms with van der Waals surface area (Å²) < 4.78 is 21.9. The normalized spacial score (nSPS) is 19.4. The summed E-state index contributed by atoms with van der Waals surface area (Å²) in [6.07, 6.45) is 3.52. The second-order valence-corrected chi connectivity index (χ2v) is 11.2. The van der Waals surface area contributed by atoms with Crippen LogP contribution in [0.25, 0.3) is 5.65 Å². The van der Waals surface area contributed by atoms with Gasteiger partial charge in [0.2, 0.25) is 0 Å². The molecule has 0 spiro atoms. The molecule has 0 radical (unpaired) electrons. The molecular weight excluding hydrogens is 521 g/mol. The Bertz CT molecular complexity index is 1530. The summed E-state index contributed by atoms with van der Waals surface area (Å²) in [5, 5.41) is 9.91. The molecule has 13 heteroatoms. The molecule has 212 valence electrons. The molecule has 2 atom stereocenters. The van der Waals surface area contributed by atoms with Crippen molar-refractivity contribution in [3.05, 3.63) is 46.5 Å². The number of ether oxygens (including phenoxy) is 1. The van der Waals surface area contributed by atoms with E-state index in [9.17, 15) is 23.6 Å². The maximum Gasteiger partial charge on any atom is 0.415 e. The fraction of sp³-hybridized carbons (Fsp3) is 0.481. The Hall–Kier alpha value is -4.29. The smallest absolute Gasteiger partial charge is 0.415 e. The molecule has 2 aliphatic carbocycles. The highest BCUT2D eigenvalue weighted by atomic mass is 19.1. The third kappa shape index (κ3) is 5.68. The standard InChI is InChI=1S/C27H32FN7O5/c1-27(2,3)40-26(39)33(4)22-13-21(32-23-17(14-29-35(22)23)24(37)31-20-12-18(20)28)30-19-6-5-11-34(25(19)38)15-7-9-16(36)10-8-15/h5-6,11,13-15,18,20H,7-10,12H2,1-4H3,(H,30,32)(H,31,37)/t18-,20+/m0/s1. The molecule has 40 heavy (non-hydrogen) atoms. The van der Waals surface area contributed by atoms with Crippen molar-refractivity contribution in [2.24, 2.45) is 0 Å². The fourth-order valence-electron chi connectivity index (χ4n) is 4.63. The van der Waals surface area contributed by atoms with Crippen LogP contribution in [0.5, 0.6) is 0 Å². The molecule has 12 nitrogen and oxygen atoms in total. The van der Waals surface area contributed by atoms with E-state index in [0.29, 0.717) is 25.7 Å². The molecule has 2 N–H and O–H groups in total. The molecule has 0 bridgehead atoms. The minimum absolute atomic E-state index is 0.0823. The monoisotopic (exact) mass is 553 g/mol. The summed E-state index contributed by atoms with van der Waals surface area (Å²) >= 11 is 0. The number of carbonyl (C=O) groups is 3. The van der Waals surface area contributed by atoms with E-state index in [4.69, 9.17) is 4.74 Å². The molecule has 2 fully saturated rings. The van der Waals surface area contributed by atoms with Crippen molar-refractivity contribution in [2.75, 3.05) is 17.3 Å². The topological polar surface area (TPSA) is 140 Å². The molecule has 2 aliphatic rings. The van der Waals surface area contributed by atoms with Crippen LogP contribution in [0.15, 0.2) is 35.4 Å². The Kier molecular flexibility index (Phi) is 7.06. The summed E-state index contributed by atoms with van der Waals surface area (Å²) in [5.74, 6) is 0.0419. The maximum atomic E-state index is 13.4. The van der Waals surface area contributed by atoms with Gasteiger partial charge in [0.25, 0.3) is 11.5 Å². The predicted molar refractivity (Wildman–Crippen MR) is 145 cm³/mol. The predicted octanol–water partition coefficient (Wildman–Crippen LogP) is 3.53. The molecule has 0 unspecified atom stereocenters. The van der Waals surface area contributed by atoms with Crippen LogP contribution >= 0.6 is 0 Å². The van der Waals surface area contributed by atoms with Gasteiger partial charge in [0.15, 0.2) is 5.65 Å². The van der Waals surface area contributed by atoms with E-state index in [1.165, 1.54) is 28.7 Å². The van der Waals surface area contributed by atoms with Crippen molar-refractivity contribution in [2.45, 2.75) is 76.7 Å². The van der Waals surface area contributed by atoms with Gasteiger partial charge in [0, 0.05) is 44.6 Å². The number of rotatable bonds is 6. The van der Waals surface area contributed by atoms with Gasteiger partial charge in [-0.15, -0.1) is 0 Å². The van der Waals surface area contributed by atoms with Crippen LogP contribution in [0, 0.1) is 0 Å². The number of hydrogen-bond acceptors (Lipinski definition) is 8. The Balaban J connectivity index is 1.53. The number of alkyl halides is 1. The summed E-state index contributed by atoms with van der Waals surface area (Å²) in [5.41, 5.74) is -0.643. The molecule has 0 aliphatic heterocycles. The lowest BCUT2D eigenvalue weighted by Gasteiger charge is -2.25. The third-order valence-corrected chi connectivity index (χ3v) is 6.88. The van der Waals surface area contributed by atoms with E-state index in [2.05, 4.69) is 20.7 Å². The zero-order chi connectivity index (χ0) is 28.8. The molecule has 0 aromatic carbocycles. The number of nitrogens with one attached hydrogen (secondary N) is 2. The number of nitrogens with zero attached hydrogens (tertiary/aromatic N) is 5. The first-order valence-corrected chi connectivity index (χ1v) is 13.2. The number of fused-ring (bicyclic) bond motifs is 1. The molecule has 0 saturated heterocycles. The lowest BCUT2D eigenvalue weighted by molar-refractivity contribution is -0.120. The number of carbonyl (C=O) groups excluding carboxylic acids is 3. The van der Waals surface area contributed by atoms with Gasteiger partial charge in [0.1, 0.15) is 40.4 Å². The highest BCUT2D eigenvalue weighted by Gasteiger charge is 2.39.